The van der Waals surface area contributed by atoms with Crippen molar-refractivity contribution in [3.05, 3.63) is 47.9 Å². The van der Waals surface area contributed by atoms with Crippen molar-refractivity contribution in [2.24, 2.45) is 0 Å². The molecule has 7 nitrogen and oxygen atoms in total. The molecule has 0 aliphatic carbocycles. The zero-order valence-corrected chi connectivity index (χ0v) is 15.7. The third kappa shape index (κ3) is 4.19. The topological polar surface area (TPSA) is 92.3 Å². The fourth-order valence-corrected chi connectivity index (χ4v) is 4.68. The highest BCUT2D eigenvalue weighted by atomic mass is 32.2. The summed E-state index contributed by atoms with van der Waals surface area (Å²) in [6, 6.07) is 7.57. The van der Waals surface area contributed by atoms with Crippen LogP contribution in [0.5, 0.6) is 0 Å². The molecule has 0 saturated carbocycles. The minimum absolute atomic E-state index is 0.104. The molecule has 2 heterocycles. The van der Waals surface area contributed by atoms with E-state index < -0.39 is 9.84 Å². The molecule has 1 saturated heterocycles. The monoisotopic (exact) mass is 374 g/mol. The highest BCUT2D eigenvalue weighted by molar-refractivity contribution is 7.91. The van der Waals surface area contributed by atoms with Crippen molar-refractivity contribution < 1.29 is 13.2 Å². The van der Waals surface area contributed by atoms with Gasteiger partial charge >= 0.3 is 0 Å². The third-order valence-electron chi connectivity index (χ3n) is 4.33. The average Bonchev–Trinajstić information content (AvgIpc) is 2.95. The second-order valence-corrected chi connectivity index (χ2v) is 8.65. The number of aryl methyl sites for hydroxylation is 1. The number of amides is 1. The summed E-state index contributed by atoms with van der Waals surface area (Å²) in [6.07, 6.45) is 3.45. The first kappa shape index (κ1) is 18.3. The fraction of sp³-hybridized carbons (Fsp3) is 0.389. The number of hydrogen-bond acceptors (Lipinski definition) is 6. The van der Waals surface area contributed by atoms with Gasteiger partial charge in [-0.15, -0.1) is 0 Å². The standard InChI is InChI=1S/C18H22N4O3S/c1-3-22(15-6-4-5-13(2)9-15)18(23)16-10-20-17(11-19-16)21-14-7-8-26(24,25)12-14/h4-6,9-11,14H,3,7-8,12H2,1-2H3,(H,20,21). The van der Waals surface area contributed by atoms with Gasteiger partial charge < -0.3 is 10.2 Å². The van der Waals surface area contributed by atoms with Crippen molar-refractivity contribution in [1.29, 1.82) is 0 Å². The summed E-state index contributed by atoms with van der Waals surface area (Å²) in [5.74, 6) is 0.547. The molecule has 1 aliphatic heterocycles. The molecule has 1 fully saturated rings. The minimum Gasteiger partial charge on any atom is -0.365 e. The fourth-order valence-electron chi connectivity index (χ4n) is 3.01. The van der Waals surface area contributed by atoms with Crippen molar-refractivity contribution in [2.75, 3.05) is 28.3 Å². The molecule has 1 aromatic heterocycles. The average molecular weight is 374 g/mol. The smallest absolute Gasteiger partial charge is 0.278 e. The molecule has 1 amide bonds. The van der Waals surface area contributed by atoms with Crippen molar-refractivity contribution in [1.82, 2.24) is 9.97 Å². The number of nitrogens with one attached hydrogen (secondary N) is 1. The van der Waals surface area contributed by atoms with Gasteiger partial charge in [-0.05, 0) is 38.0 Å². The van der Waals surface area contributed by atoms with Gasteiger partial charge in [0, 0.05) is 18.3 Å². The molecule has 1 aliphatic rings. The zero-order valence-electron chi connectivity index (χ0n) is 14.8. The van der Waals surface area contributed by atoms with Crippen LogP contribution in [0.3, 0.4) is 0 Å². The van der Waals surface area contributed by atoms with Gasteiger partial charge in [0.2, 0.25) is 0 Å². The van der Waals surface area contributed by atoms with Gasteiger partial charge in [0.05, 0.1) is 23.9 Å². The third-order valence-corrected chi connectivity index (χ3v) is 6.10. The second-order valence-electron chi connectivity index (χ2n) is 6.42. The lowest BCUT2D eigenvalue weighted by atomic mass is 10.2. The highest BCUT2D eigenvalue weighted by Gasteiger charge is 2.28. The van der Waals surface area contributed by atoms with Crippen LogP contribution in [0.15, 0.2) is 36.7 Å². The maximum atomic E-state index is 12.8. The van der Waals surface area contributed by atoms with Gasteiger partial charge in [-0.3, -0.25) is 4.79 Å². The summed E-state index contributed by atoms with van der Waals surface area (Å²) in [5, 5.41) is 3.07. The first-order chi connectivity index (χ1) is 12.4. The molecular formula is C18H22N4O3S. The lowest BCUT2D eigenvalue weighted by molar-refractivity contribution is 0.0983. The van der Waals surface area contributed by atoms with E-state index in [1.165, 1.54) is 12.4 Å². The number of benzene rings is 1. The lowest BCUT2D eigenvalue weighted by Crippen LogP contribution is -2.31. The normalized spacial score (nSPS) is 18.5. The summed E-state index contributed by atoms with van der Waals surface area (Å²) in [5.41, 5.74) is 2.14. The molecule has 0 radical (unpaired) electrons. The van der Waals surface area contributed by atoms with E-state index in [-0.39, 0.29) is 29.1 Å². The van der Waals surface area contributed by atoms with E-state index in [0.717, 1.165) is 11.3 Å². The van der Waals surface area contributed by atoms with Crippen LogP contribution in [0.1, 0.15) is 29.4 Å². The molecule has 1 unspecified atom stereocenters. The predicted molar refractivity (Wildman–Crippen MR) is 101 cm³/mol. The molecule has 1 atom stereocenters. The van der Waals surface area contributed by atoms with E-state index in [1.54, 1.807) is 4.90 Å². The second kappa shape index (κ2) is 7.41. The first-order valence-corrected chi connectivity index (χ1v) is 10.4. The van der Waals surface area contributed by atoms with Gasteiger partial charge in [0.15, 0.2) is 9.84 Å². The largest absolute Gasteiger partial charge is 0.365 e. The number of carbonyl (C=O) groups excluding carboxylic acids is 1. The van der Waals surface area contributed by atoms with Crippen LogP contribution < -0.4 is 10.2 Å². The Bertz CT molecular complexity index is 897. The Morgan fingerprint density at radius 2 is 2.12 bits per heavy atom. The molecule has 1 aromatic carbocycles. The number of sulfone groups is 1. The van der Waals surface area contributed by atoms with E-state index in [9.17, 15) is 13.2 Å². The summed E-state index contributed by atoms with van der Waals surface area (Å²) in [4.78, 5) is 22.8. The Balaban J connectivity index is 1.72. The van der Waals surface area contributed by atoms with Crippen molar-refractivity contribution in [3.63, 3.8) is 0 Å². The number of aromatic nitrogens is 2. The van der Waals surface area contributed by atoms with Crippen LogP contribution in [0.4, 0.5) is 11.5 Å². The summed E-state index contributed by atoms with van der Waals surface area (Å²) >= 11 is 0. The number of hydrogen-bond donors (Lipinski definition) is 1. The van der Waals surface area contributed by atoms with Crippen LogP contribution in [-0.2, 0) is 9.84 Å². The van der Waals surface area contributed by atoms with E-state index in [1.807, 2.05) is 38.1 Å². The van der Waals surface area contributed by atoms with Crippen LogP contribution >= 0.6 is 0 Å². The van der Waals surface area contributed by atoms with E-state index in [0.29, 0.717) is 18.8 Å². The maximum Gasteiger partial charge on any atom is 0.278 e. The Labute approximate surface area is 153 Å². The van der Waals surface area contributed by atoms with Crippen LogP contribution in [0.2, 0.25) is 0 Å². The van der Waals surface area contributed by atoms with Gasteiger partial charge in [-0.2, -0.15) is 0 Å². The predicted octanol–water partition coefficient (Wildman–Crippen LogP) is 2.05. The maximum absolute atomic E-state index is 12.8. The van der Waals surface area contributed by atoms with Crippen molar-refractivity contribution in [2.45, 2.75) is 26.3 Å². The number of nitrogens with zero attached hydrogens (tertiary/aromatic N) is 3. The van der Waals surface area contributed by atoms with E-state index >= 15 is 0 Å². The Hall–Kier alpha value is -2.48. The van der Waals surface area contributed by atoms with Gasteiger partial charge in [-0.1, -0.05) is 12.1 Å². The van der Waals surface area contributed by atoms with Gasteiger partial charge in [0.1, 0.15) is 11.5 Å². The highest BCUT2D eigenvalue weighted by Crippen LogP contribution is 2.19. The SMILES string of the molecule is CCN(C(=O)c1cnc(NC2CCS(=O)(=O)C2)cn1)c1cccc(C)c1. The minimum atomic E-state index is -2.96. The number of carbonyl (C=O) groups is 1. The molecule has 138 valence electrons. The Morgan fingerprint density at radius 1 is 1.31 bits per heavy atom. The Morgan fingerprint density at radius 3 is 2.69 bits per heavy atom. The molecule has 3 rings (SSSR count). The molecule has 1 N–H and O–H groups in total. The quantitative estimate of drug-likeness (QED) is 0.861. The summed E-state index contributed by atoms with van der Waals surface area (Å²) in [6.45, 7) is 4.40. The molecule has 0 spiro atoms. The van der Waals surface area contributed by atoms with Crippen molar-refractivity contribution >= 4 is 27.2 Å². The number of anilines is 2. The first-order valence-electron chi connectivity index (χ1n) is 8.55. The molecular weight excluding hydrogens is 352 g/mol. The van der Waals surface area contributed by atoms with E-state index in [2.05, 4.69) is 15.3 Å². The summed E-state index contributed by atoms with van der Waals surface area (Å²) < 4.78 is 23.0. The van der Waals surface area contributed by atoms with Crippen LogP contribution in [0, 0.1) is 6.92 Å². The molecule has 26 heavy (non-hydrogen) atoms. The van der Waals surface area contributed by atoms with Gasteiger partial charge in [0.25, 0.3) is 5.91 Å². The zero-order chi connectivity index (χ0) is 18.7. The van der Waals surface area contributed by atoms with Crippen LogP contribution in [0.25, 0.3) is 0 Å². The van der Waals surface area contributed by atoms with Gasteiger partial charge in [-0.25, -0.2) is 18.4 Å². The van der Waals surface area contributed by atoms with E-state index in [4.69, 9.17) is 0 Å². The molecule has 2 aromatic rings. The summed E-state index contributed by atoms with van der Waals surface area (Å²) in [7, 11) is -2.96. The molecule has 8 heteroatoms. The van der Waals surface area contributed by atoms with Crippen LogP contribution in [-0.4, -0.2) is 48.4 Å². The number of rotatable bonds is 5. The molecule has 0 bridgehead atoms. The van der Waals surface area contributed by atoms with Crippen molar-refractivity contribution in [3.8, 4) is 0 Å². The lowest BCUT2D eigenvalue weighted by Gasteiger charge is -2.21. The Kier molecular flexibility index (Phi) is 5.22.